The third-order valence-electron chi connectivity index (χ3n) is 3.54. The van der Waals surface area contributed by atoms with Gasteiger partial charge in [0.15, 0.2) is 5.96 Å². The normalized spacial score (nSPS) is 18.3. The molecule has 0 aromatic rings. The van der Waals surface area contributed by atoms with Gasteiger partial charge in [-0.3, -0.25) is 4.99 Å². The number of hydrogen-bond donors (Lipinski definition) is 2. The van der Waals surface area contributed by atoms with Crippen molar-refractivity contribution in [1.29, 1.82) is 0 Å². The zero-order valence-corrected chi connectivity index (χ0v) is 14.0. The quantitative estimate of drug-likeness (QED) is 0.316. The minimum atomic E-state index is -2.94. The molecule has 6 nitrogen and oxygen atoms in total. The van der Waals surface area contributed by atoms with E-state index in [9.17, 15) is 8.42 Å². The number of guanidine groups is 1. The molecular formula is C14H29N3O3S. The van der Waals surface area contributed by atoms with Gasteiger partial charge in [-0.25, -0.2) is 8.42 Å². The molecule has 0 heterocycles. The molecular weight excluding hydrogens is 290 g/mol. The zero-order chi connectivity index (χ0) is 15.6. The van der Waals surface area contributed by atoms with Crippen LogP contribution in [-0.2, 0) is 14.6 Å². The van der Waals surface area contributed by atoms with Crippen LogP contribution < -0.4 is 10.6 Å². The molecule has 0 spiro atoms. The van der Waals surface area contributed by atoms with E-state index in [1.54, 1.807) is 7.05 Å². The molecule has 0 atom stereocenters. The van der Waals surface area contributed by atoms with Gasteiger partial charge in [-0.05, 0) is 12.8 Å². The Hall–Kier alpha value is -0.820. The maximum Gasteiger partial charge on any atom is 0.191 e. The van der Waals surface area contributed by atoms with E-state index in [2.05, 4.69) is 15.6 Å². The molecule has 0 radical (unpaired) electrons. The third-order valence-corrected chi connectivity index (χ3v) is 4.48. The Morgan fingerprint density at radius 1 is 1.14 bits per heavy atom. The molecule has 7 heteroatoms. The first-order valence-electron chi connectivity index (χ1n) is 7.75. The first kappa shape index (κ1) is 18.2. The van der Waals surface area contributed by atoms with E-state index < -0.39 is 9.84 Å². The Labute approximate surface area is 128 Å². The Kier molecular flexibility index (Phi) is 8.68. The first-order chi connectivity index (χ1) is 10.0. The van der Waals surface area contributed by atoms with Gasteiger partial charge < -0.3 is 15.4 Å². The predicted molar refractivity (Wildman–Crippen MR) is 86.5 cm³/mol. The second-order valence-corrected chi connectivity index (χ2v) is 7.80. The maximum absolute atomic E-state index is 11.0. The lowest BCUT2D eigenvalue weighted by Gasteiger charge is -2.16. The summed E-state index contributed by atoms with van der Waals surface area (Å²) in [6.07, 6.45) is 9.16. The lowest BCUT2D eigenvalue weighted by molar-refractivity contribution is 0.0468. The topological polar surface area (TPSA) is 79.8 Å². The van der Waals surface area contributed by atoms with Gasteiger partial charge in [-0.2, -0.15) is 0 Å². The van der Waals surface area contributed by atoms with Gasteiger partial charge >= 0.3 is 0 Å². The largest absolute Gasteiger partial charge is 0.376 e. The standard InChI is InChI=1S/C14H29N3O3S/c1-15-14(17-10-12-21(2,18)19)16-9-11-20-13-7-5-3-4-6-8-13/h13H,3-12H2,1-2H3,(H2,15,16,17). The van der Waals surface area contributed by atoms with Crippen molar-refractivity contribution in [3.63, 3.8) is 0 Å². The zero-order valence-electron chi connectivity index (χ0n) is 13.2. The van der Waals surface area contributed by atoms with Crippen LogP contribution in [0.2, 0.25) is 0 Å². The Morgan fingerprint density at radius 2 is 1.76 bits per heavy atom. The minimum Gasteiger partial charge on any atom is -0.376 e. The van der Waals surface area contributed by atoms with Crippen molar-refractivity contribution in [1.82, 2.24) is 10.6 Å². The summed E-state index contributed by atoms with van der Waals surface area (Å²) in [5.74, 6) is 0.717. The Balaban J connectivity index is 2.11. The van der Waals surface area contributed by atoms with Gasteiger partial charge in [-0.1, -0.05) is 25.7 Å². The average molecular weight is 319 g/mol. The summed E-state index contributed by atoms with van der Waals surface area (Å²) in [7, 11) is -1.27. The second kappa shape index (κ2) is 10.00. The molecule has 1 saturated carbocycles. The summed E-state index contributed by atoms with van der Waals surface area (Å²) >= 11 is 0. The van der Waals surface area contributed by atoms with Crippen LogP contribution in [-0.4, -0.2) is 59.2 Å². The second-order valence-electron chi connectivity index (χ2n) is 5.54. The van der Waals surface area contributed by atoms with Gasteiger partial charge in [0.1, 0.15) is 9.84 Å². The van der Waals surface area contributed by atoms with E-state index in [-0.39, 0.29) is 5.75 Å². The summed E-state index contributed by atoms with van der Waals surface area (Å²) in [4.78, 5) is 4.05. The lowest BCUT2D eigenvalue weighted by atomic mass is 10.1. The molecule has 1 aliphatic rings. The van der Waals surface area contributed by atoms with Gasteiger partial charge in [-0.15, -0.1) is 0 Å². The van der Waals surface area contributed by atoms with Crippen LogP contribution in [0.25, 0.3) is 0 Å². The molecule has 0 saturated heterocycles. The Bertz CT molecular complexity index is 402. The van der Waals surface area contributed by atoms with E-state index in [4.69, 9.17) is 4.74 Å². The molecule has 0 aliphatic heterocycles. The van der Waals surface area contributed by atoms with Gasteiger partial charge in [0.2, 0.25) is 0 Å². The summed E-state index contributed by atoms with van der Waals surface area (Å²) in [5.41, 5.74) is 0. The first-order valence-corrected chi connectivity index (χ1v) is 9.81. The van der Waals surface area contributed by atoms with E-state index >= 15 is 0 Å². The third kappa shape index (κ3) is 9.68. The van der Waals surface area contributed by atoms with Crippen molar-refractivity contribution in [2.24, 2.45) is 4.99 Å². The van der Waals surface area contributed by atoms with Crippen LogP contribution >= 0.6 is 0 Å². The Morgan fingerprint density at radius 3 is 2.33 bits per heavy atom. The molecule has 1 fully saturated rings. The summed E-state index contributed by atoms with van der Waals surface area (Å²) < 4.78 is 28.0. The molecule has 0 bridgehead atoms. The highest BCUT2D eigenvalue weighted by Crippen LogP contribution is 2.19. The smallest absolute Gasteiger partial charge is 0.191 e. The van der Waals surface area contributed by atoms with Crippen LogP contribution in [0.5, 0.6) is 0 Å². The molecule has 124 valence electrons. The van der Waals surface area contributed by atoms with E-state index in [1.165, 1.54) is 44.8 Å². The number of aliphatic imine (C=N–C) groups is 1. The predicted octanol–water partition coefficient (Wildman–Crippen LogP) is 0.935. The van der Waals surface area contributed by atoms with Gasteiger partial charge in [0, 0.05) is 26.4 Å². The van der Waals surface area contributed by atoms with Crippen molar-refractivity contribution >= 4 is 15.8 Å². The van der Waals surface area contributed by atoms with Crippen molar-refractivity contribution in [2.75, 3.05) is 38.8 Å². The van der Waals surface area contributed by atoms with Gasteiger partial charge in [0.05, 0.1) is 18.5 Å². The van der Waals surface area contributed by atoms with Crippen molar-refractivity contribution in [2.45, 2.75) is 44.6 Å². The number of nitrogens with zero attached hydrogens (tertiary/aromatic N) is 1. The molecule has 0 amide bonds. The van der Waals surface area contributed by atoms with Gasteiger partial charge in [0.25, 0.3) is 0 Å². The molecule has 0 unspecified atom stereocenters. The number of rotatable bonds is 7. The monoisotopic (exact) mass is 319 g/mol. The fraction of sp³-hybridized carbons (Fsp3) is 0.929. The van der Waals surface area contributed by atoms with Crippen molar-refractivity contribution in [3.8, 4) is 0 Å². The average Bonchev–Trinajstić information content (AvgIpc) is 2.69. The van der Waals surface area contributed by atoms with Crippen molar-refractivity contribution < 1.29 is 13.2 Å². The van der Waals surface area contributed by atoms with E-state index in [0.29, 0.717) is 31.8 Å². The number of ether oxygens (including phenoxy) is 1. The SMILES string of the molecule is CN=C(NCCOC1CCCCCC1)NCCS(C)(=O)=O. The fourth-order valence-corrected chi connectivity index (χ4v) is 2.85. The van der Waals surface area contributed by atoms with Crippen LogP contribution in [0.15, 0.2) is 4.99 Å². The van der Waals surface area contributed by atoms with Crippen LogP contribution in [0.4, 0.5) is 0 Å². The van der Waals surface area contributed by atoms with Crippen molar-refractivity contribution in [3.05, 3.63) is 0 Å². The van der Waals surface area contributed by atoms with E-state index in [0.717, 1.165) is 0 Å². The molecule has 0 aromatic carbocycles. The van der Waals surface area contributed by atoms with E-state index in [1.807, 2.05) is 0 Å². The highest BCUT2D eigenvalue weighted by Gasteiger charge is 2.12. The highest BCUT2D eigenvalue weighted by molar-refractivity contribution is 7.90. The molecule has 21 heavy (non-hydrogen) atoms. The highest BCUT2D eigenvalue weighted by atomic mass is 32.2. The molecule has 0 aromatic heterocycles. The van der Waals surface area contributed by atoms with Crippen LogP contribution in [0.1, 0.15) is 38.5 Å². The number of hydrogen-bond acceptors (Lipinski definition) is 4. The number of sulfone groups is 1. The summed E-state index contributed by atoms with van der Waals surface area (Å²) in [6.45, 7) is 1.69. The minimum absolute atomic E-state index is 0.103. The lowest BCUT2D eigenvalue weighted by Crippen LogP contribution is -2.41. The molecule has 1 rings (SSSR count). The molecule has 1 aliphatic carbocycles. The molecule has 2 N–H and O–H groups in total. The fourth-order valence-electron chi connectivity index (χ4n) is 2.38. The summed E-state index contributed by atoms with van der Waals surface area (Å²) in [5, 5.41) is 6.11. The summed E-state index contributed by atoms with van der Waals surface area (Å²) in [6, 6.07) is 0. The van der Waals surface area contributed by atoms with Crippen LogP contribution in [0, 0.1) is 0 Å². The van der Waals surface area contributed by atoms with Crippen LogP contribution in [0.3, 0.4) is 0 Å². The number of nitrogens with one attached hydrogen (secondary N) is 2. The maximum atomic E-state index is 11.0.